The van der Waals surface area contributed by atoms with E-state index in [1.165, 1.54) is 0 Å². The van der Waals surface area contributed by atoms with Crippen LogP contribution in [0.25, 0.3) is 0 Å². The molecule has 1 aromatic carbocycles. The van der Waals surface area contributed by atoms with Crippen LogP contribution in [0.4, 0.5) is 0 Å². The van der Waals surface area contributed by atoms with Gasteiger partial charge in [-0.15, -0.1) is 0 Å². The fourth-order valence-corrected chi connectivity index (χ4v) is 4.42. The Labute approximate surface area is 204 Å². The van der Waals surface area contributed by atoms with Gasteiger partial charge in [0.15, 0.2) is 23.2 Å². The van der Waals surface area contributed by atoms with Crippen molar-refractivity contribution in [3.05, 3.63) is 35.4 Å². The van der Waals surface area contributed by atoms with E-state index >= 15 is 0 Å². The maximum Gasteiger partial charge on any atom is 0.185 e. The van der Waals surface area contributed by atoms with E-state index in [0.29, 0.717) is 38.2 Å². The molecule has 1 aromatic rings. The van der Waals surface area contributed by atoms with Gasteiger partial charge in [0.25, 0.3) is 0 Å². The first-order valence-electron chi connectivity index (χ1n) is 12.7. The number of methoxy groups -OCH3 is 1. The lowest BCUT2D eigenvalue weighted by molar-refractivity contribution is -0.114. The molecule has 1 fully saturated rings. The minimum absolute atomic E-state index is 0.0985. The second-order valence-corrected chi connectivity index (χ2v) is 9.26. The smallest absolute Gasteiger partial charge is 0.185 e. The van der Waals surface area contributed by atoms with Crippen LogP contribution in [0.2, 0.25) is 0 Å². The molecule has 0 heterocycles. The Morgan fingerprint density at radius 3 is 2.74 bits per heavy atom. The first kappa shape index (κ1) is 27.7. The summed E-state index contributed by atoms with van der Waals surface area (Å²) in [6, 6.07) is 3.92. The highest BCUT2D eigenvalue weighted by molar-refractivity contribution is 5.89. The third kappa shape index (κ3) is 10.2. The number of phenols is 1. The summed E-state index contributed by atoms with van der Waals surface area (Å²) in [5.74, 6) is 1.17. The lowest BCUT2D eigenvalue weighted by Gasteiger charge is -2.21. The van der Waals surface area contributed by atoms with Crippen LogP contribution < -0.4 is 16.2 Å². The molecule has 2 rings (SSSR count). The topological polar surface area (TPSA) is 120 Å². The van der Waals surface area contributed by atoms with Crippen LogP contribution in [0.15, 0.2) is 29.3 Å². The fraction of sp³-hybridized carbons (Fsp3) is 0.630. The van der Waals surface area contributed by atoms with E-state index in [9.17, 15) is 9.90 Å². The van der Waals surface area contributed by atoms with E-state index < -0.39 is 0 Å². The summed E-state index contributed by atoms with van der Waals surface area (Å²) in [6.45, 7) is 3.24. The Bertz CT molecular complexity index is 812. The molecule has 1 saturated carbocycles. The summed E-state index contributed by atoms with van der Waals surface area (Å²) >= 11 is 0. The number of guanidine groups is 1. The molecule has 0 saturated heterocycles. The highest BCUT2D eigenvalue weighted by Crippen LogP contribution is 2.37. The van der Waals surface area contributed by atoms with Gasteiger partial charge in [0.05, 0.1) is 6.10 Å². The van der Waals surface area contributed by atoms with Crippen molar-refractivity contribution in [3.63, 3.8) is 0 Å². The van der Waals surface area contributed by atoms with Crippen LogP contribution in [-0.4, -0.2) is 43.2 Å². The van der Waals surface area contributed by atoms with Gasteiger partial charge in [0, 0.05) is 26.7 Å². The fourth-order valence-electron chi connectivity index (χ4n) is 4.42. The number of hydrogen-bond donors (Lipinski definition) is 3. The number of ether oxygens (including phenoxy) is 2. The van der Waals surface area contributed by atoms with Gasteiger partial charge in [-0.05, 0) is 87.0 Å². The summed E-state index contributed by atoms with van der Waals surface area (Å²) in [5.41, 5.74) is 12.7. The molecular weight excluding hydrogens is 430 g/mol. The zero-order chi connectivity index (χ0) is 24.8. The summed E-state index contributed by atoms with van der Waals surface area (Å²) in [6.07, 6.45) is 13.4. The van der Waals surface area contributed by atoms with Crippen molar-refractivity contribution in [2.75, 3.05) is 20.3 Å². The third-order valence-electron chi connectivity index (χ3n) is 6.20. The average molecular weight is 474 g/mol. The number of benzene rings is 1. The van der Waals surface area contributed by atoms with Gasteiger partial charge >= 0.3 is 0 Å². The van der Waals surface area contributed by atoms with Gasteiger partial charge in [-0.25, -0.2) is 0 Å². The summed E-state index contributed by atoms with van der Waals surface area (Å²) < 4.78 is 11.7. The molecular formula is C27H43N3O4. The van der Waals surface area contributed by atoms with Crippen LogP contribution in [0, 0.1) is 5.92 Å². The lowest BCUT2D eigenvalue weighted by atomic mass is 9.92. The molecule has 0 radical (unpaired) electrons. The predicted molar refractivity (Wildman–Crippen MR) is 137 cm³/mol. The minimum atomic E-state index is 0.0985. The predicted octanol–water partition coefficient (Wildman–Crippen LogP) is 4.43. The number of carbonyl (C=O) groups excluding carboxylic acids is 1. The molecule has 1 atom stereocenters. The Morgan fingerprint density at radius 2 is 2.06 bits per heavy atom. The number of aryl methyl sites for hydroxylation is 1. The number of phenolic OH excluding ortho intramolecular Hbond substituents is 1. The van der Waals surface area contributed by atoms with E-state index in [1.807, 2.05) is 18.2 Å². The maximum absolute atomic E-state index is 12.3. The molecule has 7 nitrogen and oxygen atoms in total. The molecule has 7 heteroatoms. The molecule has 1 aliphatic rings. The monoisotopic (exact) mass is 473 g/mol. The normalized spacial score (nSPS) is 15.0. The van der Waals surface area contributed by atoms with Crippen LogP contribution in [0.3, 0.4) is 0 Å². The van der Waals surface area contributed by atoms with Crippen molar-refractivity contribution in [1.29, 1.82) is 0 Å². The van der Waals surface area contributed by atoms with Crippen molar-refractivity contribution in [2.24, 2.45) is 22.4 Å². The number of ketones is 1. The number of hydrogen-bond acceptors (Lipinski definition) is 5. The van der Waals surface area contributed by atoms with Gasteiger partial charge < -0.3 is 26.0 Å². The largest absolute Gasteiger partial charge is 0.504 e. The number of nitrogens with zero attached hydrogens (tertiary/aromatic N) is 1. The van der Waals surface area contributed by atoms with E-state index in [0.717, 1.165) is 62.5 Å². The van der Waals surface area contributed by atoms with Gasteiger partial charge in [-0.3, -0.25) is 9.79 Å². The third-order valence-corrected chi connectivity index (χ3v) is 6.20. The molecule has 190 valence electrons. The zero-order valence-corrected chi connectivity index (χ0v) is 20.9. The van der Waals surface area contributed by atoms with Crippen LogP contribution in [0.1, 0.15) is 75.8 Å². The number of unbranched alkanes of at least 4 members (excludes halogenated alkanes) is 1. The molecule has 0 amide bonds. The second kappa shape index (κ2) is 15.4. The first-order chi connectivity index (χ1) is 16.4. The standard InChI is InChI=1S/C27H43N3O4/c1-3-4-5-10-23(31)14-13-20-16-22(17-21(19-33-2)9-8-15-30-27(28)29)26(32)25(18-20)34-24-11-6-7-12-24/h5,10,16,18,21,24,32H,3-4,6-9,11-15,17,19H2,1-2H3,(H4,28,29,30)/t21-/m0/s1. The molecule has 0 aromatic heterocycles. The maximum atomic E-state index is 12.3. The van der Waals surface area contributed by atoms with Crippen molar-refractivity contribution in [2.45, 2.75) is 83.7 Å². The molecule has 5 N–H and O–H groups in total. The molecule has 34 heavy (non-hydrogen) atoms. The molecule has 1 aliphatic carbocycles. The molecule has 0 unspecified atom stereocenters. The SMILES string of the molecule is CCCC=CC(=O)CCc1cc(C[C@H](CCCN=C(N)N)COC)c(O)c(OC2CCCC2)c1. The van der Waals surface area contributed by atoms with Gasteiger partial charge in [0.2, 0.25) is 0 Å². The zero-order valence-electron chi connectivity index (χ0n) is 20.9. The lowest BCUT2D eigenvalue weighted by Crippen LogP contribution is -2.23. The summed E-state index contributed by atoms with van der Waals surface area (Å²) in [5, 5.41) is 11.1. The van der Waals surface area contributed by atoms with Crippen LogP contribution in [0.5, 0.6) is 11.5 Å². The second-order valence-electron chi connectivity index (χ2n) is 9.26. The van der Waals surface area contributed by atoms with Crippen LogP contribution >= 0.6 is 0 Å². The number of nitrogens with two attached hydrogens (primary N) is 2. The van der Waals surface area contributed by atoms with E-state index in [2.05, 4.69) is 11.9 Å². The first-order valence-corrected chi connectivity index (χ1v) is 12.7. The van der Waals surface area contributed by atoms with Crippen molar-refractivity contribution in [1.82, 2.24) is 0 Å². The Morgan fingerprint density at radius 1 is 1.29 bits per heavy atom. The number of aromatic hydroxyl groups is 1. The minimum Gasteiger partial charge on any atom is -0.504 e. The van der Waals surface area contributed by atoms with Gasteiger partial charge in [-0.2, -0.15) is 0 Å². The molecule has 0 bridgehead atoms. The van der Waals surface area contributed by atoms with Gasteiger partial charge in [0.1, 0.15) is 0 Å². The summed E-state index contributed by atoms with van der Waals surface area (Å²) in [7, 11) is 1.69. The Kier molecular flexibility index (Phi) is 12.5. The van der Waals surface area contributed by atoms with Crippen LogP contribution in [-0.2, 0) is 22.4 Å². The van der Waals surface area contributed by atoms with Crippen molar-refractivity contribution < 1.29 is 19.4 Å². The van der Waals surface area contributed by atoms with E-state index in [1.54, 1.807) is 13.2 Å². The summed E-state index contributed by atoms with van der Waals surface area (Å²) in [4.78, 5) is 16.3. The number of rotatable bonds is 16. The Hall–Kier alpha value is -2.54. The number of aliphatic imine (C=N–C) groups is 1. The number of carbonyl (C=O) groups is 1. The van der Waals surface area contributed by atoms with Crippen molar-refractivity contribution in [3.8, 4) is 11.5 Å². The average Bonchev–Trinajstić information content (AvgIpc) is 3.31. The number of allylic oxidation sites excluding steroid dienone is 2. The van der Waals surface area contributed by atoms with Crippen molar-refractivity contribution >= 4 is 11.7 Å². The van der Waals surface area contributed by atoms with Gasteiger partial charge in [-0.1, -0.05) is 25.5 Å². The van der Waals surface area contributed by atoms with E-state index in [-0.39, 0.29) is 29.5 Å². The highest BCUT2D eigenvalue weighted by Gasteiger charge is 2.21. The quantitative estimate of drug-likeness (QED) is 0.141. The Balaban J connectivity index is 2.16. The van der Waals surface area contributed by atoms with E-state index in [4.69, 9.17) is 20.9 Å². The molecule has 0 aliphatic heterocycles. The highest BCUT2D eigenvalue weighted by atomic mass is 16.5. The molecule has 0 spiro atoms.